The molecule has 42 heavy (non-hydrogen) atoms. The molecule has 1 heteroatoms. The smallest absolute Gasteiger partial charge is 0.0431 e. The molecular weight excluding hydrogens is 508 g/mol. The molecule has 0 saturated heterocycles. The van der Waals surface area contributed by atoms with Crippen LogP contribution in [0.5, 0.6) is 0 Å². The molecular formula is C41H86O. The summed E-state index contributed by atoms with van der Waals surface area (Å²) in [6.07, 6.45) is 55.0. The Hall–Kier alpha value is -0.0400. The second-order valence-corrected chi connectivity index (χ2v) is 13.8. The lowest BCUT2D eigenvalue weighted by molar-refractivity contribution is 0.282. The summed E-state index contributed by atoms with van der Waals surface area (Å²) in [5, 5.41) is 8.79. The largest absolute Gasteiger partial charge is 0.396 e. The van der Waals surface area contributed by atoms with Gasteiger partial charge < -0.3 is 5.11 Å². The molecule has 0 aliphatic heterocycles. The SMILES string of the molecule is C.CCCCCCCCCCCCCCCCCCCCCCCCCCCCCCCCCCCCCCCCO. The van der Waals surface area contributed by atoms with Gasteiger partial charge in [-0.3, -0.25) is 0 Å². The van der Waals surface area contributed by atoms with Gasteiger partial charge in [0, 0.05) is 6.61 Å². The van der Waals surface area contributed by atoms with Crippen molar-refractivity contribution in [3.63, 3.8) is 0 Å². The van der Waals surface area contributed by atoms with Gasteiger partial charge in [-0.05, 0) is 6.42 Å². The van der Waals surface area contributed by atoms with Crippen molar-refractivity contribution in [3.8, 4) is 0 Å². The standard InChI is InChI=1S/C40H82O.CH4/c1-2-3-4-5-6-7-8-9-10-11-12-13-14-15-16-17-18-19-20-21-22-23-24-25-26-27-28-29-30-31-32-33-34-35-36-37-38-39-40-41;/h41H,2-40H2,1H3;1H4. The molecule has 0 aromatic rings. The number of unbranched alkanes of at least 4 members (excludes halogenated alkanes) is 37. The predicted molar refractivity (Wildman–Crippen MR) is 195 cm³/mol. The minimum absolute atomic E-state index is 0. The minimum atomic E-state index is 0. The number of aliphatic hydroxyl groups is 1. The zero-order valence-electron chi connectivity index (χ0n) is 29.0. The molecule has 1 nitrogen and oxygen atoms in total. The van der Waals surface area contributed by atoms with Crippen molar-refractivity contribution in [3.05, 3.63) is 0 Å². The summed E-state index contributed by atoms with van der Waals surface area (Å²) in [6, 6.07) is 0. The summed E-state index contributed by atoms with van der Waals surface area (Å²) in [4.78, 5) is 0. The normalized spacial score (nSPS) is 11.3. The average Bonchev–Trinajstić information content (AvgIpc) is 2.98. The molecule has 256 valence electrons. The van der Waals surface area contributed by atoms with Gasteiger partial charge >= 0.3 is 0 Å². The van der Waals surface area contributed by atoms with Crippen LogP contribution in [0.4, 0.5) is 0 Å². The van der Waals surface area contributed by atoms with Crippen molar-refractivity contribution in [2.45, 2.75) is 258 Å². The Kier molecular flexibility index (Phi) is 45.2. The molecule has 0 unspecified atom stereocenters. The van der Waals surface area contributed by atoms with Gasteiger partial charge in [0.2, 0.25) is 0 Å². The van der Waals surface area contributed by atoms with Crippen LogP contribution in [0, 0.1) is 0 Å². The highest BCUT2D eigenvalue weighted by Gasteiger charge is 1.97. The van der Waals surface area contributed by atoms with E-state index in [4.69, 9.17) is 5.11 Å². The molecule has 0 rings (SSSR count). The lowest BCUT2D eigenvalue weighted by Gasteiger charge is -2.05. The van der Waals surface area contributed by atoms with E-state index in [0.29, 0.717) is 6.61 Å². The van der Waals surface area contributed by atoms with Crippen molar-refractivity contribution >= 4 is 0 Å². The molecule has 0 aliphatic carbocycles. The van der Waals surface area contributed by atoms with Gasteiger partial charge in [0.15, 0.2) is 0 Å². The molecule has 0 amide bonds. The van der Waals surface area contributed by atoms with Crippen LogP contribution in [0.2, 0.25) is 0 Å². The third-order valence-electron chi connectivity index (χ3n) is 9.51. The van der Waals surface area contributed by atoms with Gasteiger partial charge in [-0.1, -0.05) is 252 Å². The Morgan fingerprint density at radius 2 is 0.333 bits per heavy atom. The van der Waals surface area contributed by atoms with Crippen molar-refractivity contribution < 1.29 is 5.11 Å². The second-order valence-electron chi connectivity index (χ2n) is 13.8. The van der Waals surface area contributed by atoms with Gasteiger partial charge in [-0.25, -0.2) is 0 Å². The summed E-state index contributed by atoms with van der Waals surface area (Å²) in [5.41, 5.74) is 0. The molecule has 0 atom stereocenters. The highest BCUT2D eigenvalue weighted by molar-refractivity contribution is 4.53. The summed E-state index contributed by atoms with van der Waals surface area (Å²) < 4.78 is 0. The Labute approximate surface area is 269 Å². The second kappa shape index (κ2) is 43.1. The fourth-order valence-corrected chi connectivity index (χ4v) is 6.55. The fraction of sp³-hybridized carbons (Fsp3) is 1.00. The van der Waals surface area contributed by atoms with E-state index in [-0.39, 0.29) is 7.43 Å². The predicted octanol–water partition coefficient (Wildman–Crippen LogP) is 15.5. The van der Waals surface area contributed by atoms with Crippen molar-refractivity contribution in [2.24, 2.45) is 0 Å². The summed E-state index contributed by atoms with van der Waals surface area (Å²) in [6.45, 7) is 2.68. The first-order chi connectivity index (χ1) is 20.4. The number of aliphatic hydroxyl groups excluding tert-OH is 1. The van der Waals surface area contributed by atoms with E-state index in [9.17, 15) is 0 Å². The van der Waals surface area contributed by atoms with Crippen LogP contribution in [0.1, 0.15) is 258 Å². The maximum Gasteiger partial charge on any atom is 0.0431 e. The van der Waals surface area contributed by atoms with E-state index in [1.165, 1.54) is 238 Å². The van der Waals surface area contributed by atoms with Crippen LogP contribution in [0.3, 0.4) is 0 Å². The molecule has 0 heterocycles. The monoisotopic (exact) mass is 595 g/mol. The van der Waals surface area contributed by atoms with Crippen molar-refractivity contribution in [2.75, 3.05) is 6.61 Å². The first kappa shape index (κ1) is 44.1. The number of hydrogen-bond donors (Lipinski definition) is 1. The molecule has 0 saturated carbocycles. The minimum Gasteiger partial charge on any atom is -0.396 e. The van der Waals surface area contributed by atoms with Gasteiger partial charge in [0.05, 0.1) is 0 Å². The van der Waals surface area contributed by atoms with Crippen molar-refractivity contribution in [1.29, 1.82) is 0 Å². The van der Waals surface area contributed by atoms with Gasteiger partial charge in [0.25, 0.3) is 0 Å². The van der Waals surface area contributed by atoms with Gasteiger partial charge in [0.1, 0.15) is 0 Å². The van der Waals surface area contributed by atoms with Crippen LogP contribution < -0.4 is 0 Å². The fourth-order valence-electron chi connectivity index (χ4n) is 6.55. The van der Waals surface area contributed by atoms with E-state index in [2.05, 4.69) is 6.92 Å². The van der Waals surface area contributed by atoms with E-state index < -0.39 is 0 Å². The van der Waals surface area contributed by atoms with Gasteiger partial charge in [-0.2, -0.15) is 0 Å². The maximum absolute atomic E-state index is 8.79. The molecule has 0 bridgehead atoms. The summed E-state index contributed by atoms with van der Waals surface area (Å²) in [7, 11) is 0. The van der Waals surface area contributed by atoms with E-state index in [0.717, 1.165) is 6.42 Å². The molecule has 1 N–H and O–H groups in total. The first-order valence-electron chi connectivity index (χ1n) is 20.0. The number of rotatable bonds is 38. The van der Waals surface area contributed by atoms with Crippen molar-refractivity contribution in [1.82, 2.24) is 0 Å². The quantitative estimate of drug-likeness (QED) is 0.0705. The highest BCUT2D eigenvalue weighted by atomic mass is 16.2. The first-order valence-corrected chi connectivity index (χ1v) is 20.0. The van der Waals surface area contributed by atoms with Crippen LogP contribution in [0.15, 0.2) is 0 Å². The Bertz CT molecular complexity index is 381. The lowest BCUT2D eigenvalue weighted by Crippen LogP contribution is -1.85. The Morgan fingerprint density at radius 3 is 0.452 bits per heavy atom. The van der Waals surface area contributed by atoms with Crippen LogP contribution in [-0.2, 0) is 0 Å². The van der Waals surface area contributed by atoms with Crippen LogP contribution in [-0.4, -0.2) is 11.7 Å². The molecule has 0 aromatic heterocycles. The van der Waals surface area contributed by atoms with E-state index in [1.807, 2.05) is 0 Å². The lowest BCUT2D eigenvalue weighted by atomic mass is 10.0. The number of hydrogen-bond acceptors (Lipinski definition) is 1. The molecule has 0 aromatic carbocycles. The Morgan fingerprint density at radius 1 is 0.214 bits per heavy atom. The van der Waals surface area contributed by atoms with E-state index >= 15 is 0 Å². The Balaban J connectivity index is 0. The molecule has 0 aliphatic rings. The third kappa shape index (κ3) is 42.1. The molecule has 0 radical (unpaired) electrons. The maximum atomic E-state index is 8.79. The topological polar surface area (TPSA) is 20.2 Å². The van der Waals surface area contributed by atoms with E-state index in [1.54, 1.807) is 0 Å². The van der Waals surface area contributed by atoms with Crippen LogP contribution in [0.25, 0.3) is 0 Å². The summed E-state index contributed by atoms with van der Waals surface area (Å²) in [5.74, 6) is 0. The molecule has 0 spiro atoms. The molecule has 0 fully saturated rings. The average molecular weight is 595 g/mol. The summed E-state index contributed by atoms with van der Waals surface area (Å²) >= 11 is 0. The zero-order valence-corrected chi connectivity index (χ0v) is 29.0. The van der Waals surface area contributed by atoms with Gasteiger partial charge in [-0.15, -0.1) is 0 Å². The zero-order chi connectivity index (χ0) is 29.6. The van der Waals surface area contributed by atoms with Crippen LogP contribution >= 0.6 is 0 Å². The third-order valence-corrected chi connectivity index (χ3v) is 9.51. The highest BCUT2D eigenvalue weighted by Crippen LogP contribution is 2.17.